The molecule has 0 bridgehead atoms. The van der Waals surface area contributed by atoms with Crippen molar-refractivity contribution in [2.45, 2.75) is 19.8 Å². The molecule has 2 rings (SSSR count). The van der Waals surface area contributed by atoms with Crippen molar-refractivity contribution in [1.29, 1.82) is 0 Å². The van der Waals surface area contributed by atoms with Crippen LogP contribution in [0.15, 0.2) is 18.2 Å². The lowest BCUT2D eigenvalue weighted by Crippen LogP contribution is -2.28. The summed E-state index contributed by atoms with van der Waals surface area (Å²) in [7, 11) is 0. The van der Waals surface area contributed by atoms with Crippen molar-refractivity contribution in [3.05, 3.63) is 23.8 Å². The summed E-state index contributed by atoms with van der Waals surface area (Å²) in [6.45, 7) is 4.06. The van der Waals surface area contributed by atoms with Crippen LogP contribution in [-0.2, 0) is 0 Å². The molecule has 1 aromatic rings. The van der Waals surface area contributed by atoms with Crippen LogP contribution in [0.1, 0.15) is 30.1 Å². The summed E-state index contributed by atoms with van der Waals surface area (Å²) >= 11 is 0. The third-order valence-corrected chi connectivity index (χ3v) is 2.97. The van der Waals surface area contributed by atoms with E-state index in [1.54, 1.807) is 18.2 Å². The van der Waals surface area contributed by atoms with Crippen LogP contribution >= 0.6 is 0 Å². The molecule has 0 radical (unpaired) electrons. The van der Waals surface area contributed by atoms with Crippen LogP contribution < -0.4 is 10.5 Å². The first kappa shape index (κ1) is 11.8. The van der Waals surface area contributed by atoms with Crippen molar-refractivity contribution in [3.63, 3.8) is 0 Å². The second-order valence-corrected chi connectivity index (χ2v) is 4.15. The summed E-state index contributed by atoms with van der Waals surface area (Å²) in [6.07, 6.45) is 2.14. The largest absolute Gasteiger partial charge is 0.493 e. The number of carbonyl (C=O) groups excluding carboxylic acids is 1. The van der Waals surface area contributed by atoms with Crippen molar-refractivity contribution in [2.75, 3.05) is 25.4 Å². The highest BCUT2D eigenvalue weighted by Gasteiger charge is 2.24. The van der Waals surface area contributed by atoms with Gasteiger partial charge < -0.3 is 15.4 Å². The van der Waals surface area contributed by atoms with Gasteiger partial charge in [0.1, 0.15) is 11.3 Å². The number of nitrogens with two attached hydrogens (primary N) is 1. The Morgan fingerprint density at radius 3 is 2.76 bits per heavy atom. The number of anilines is 1. The van der Waals surface area contributed by atoms with Gasteiger partial charge in [-0.15, -0.1) is 0 Å². The van der Waals surface area contributed by atoms with E-state index in [1.807, 2.05) is 11.8 Å². The molecule has 0 unspecified atom stereocenters. The van der Waals surface area contributed by atoms with Gasteiger partial charge in [-0.1, -0.05) is 6.07 Å². The van der Waals surface area contributed by atoms with Gasteiger partial charge in [0.25, 0.3) is 5.91 Å². The summed E-state index contributed by atoms with van der Waals surface area (Å²) in [5, 5.41) is 0. The second-order valence-electron chi connectivity index (χ2n) is 4.15. The lowest BCUT2D eigenvalue weighted by Gasteiger charge is -2.18. The highest BCUT2D eigenvalue weighted by Crippen LogP contribution is 2.27. The maximum Gasteiger partial charge on any atom is 0.259 e. The topological polar surface area (TPSA) is 55.6 Å². The molecule has 0 spiro atoms. The molecular formula is C13H18N2O2. The first-order chi connectivity index (χ1) is 8.24. The van der Waals surface area contributed by atoms with Gasteiger partial charge in [0.05, 0.1) is 6.61 Å². The minimum atomic E-state index is -0.0101. The Balaban J connectivity index is 2.31. The number of ether oxygens (including phenoxy) is 1. The highest BCUT2D eigenvalue weighted by atomic mass is 16.5. The van der Waals surface area contributed by atoms with Gasteiger partial charge in [-0.25, -0.2) is 0 Å². The van der Waals surface area contributed by atoms with Gasteiger partial charge in [0.2, 0.25) is 0 Å². The Kier molecular flexibility index (Phi) is 3.52. The van der Waals surface area contributed by atoms with Crippen molar-refractivity contribution in [1.82, 2.24) is 4.90 Å². The van der Waals surface area contributed by atoms with E-state index in [0.717, 1.165) is 25.9 Å². The molecule has 92 valence electrons. The van der Waals surface area contributed by atoms with Crippen LogP contribution in [-0.4, -0.2) is 30.5 Å². The number of hydrogen-bond acceptors (Lipinski definition) is 3. The number of likely N-dealkylation sites (tertiary alicyclic amines) is 1. The lowest BCUT2D eigenvalue weighted by atomic mass is 10.1. The fourth-order valence-corrected chi connectivity index (χ4v) is 2.13. The standard InChI is InChI=1S/C13H18N2O2/c1-2-17-11-7-5-6-10(14)12(11)13(16)15-8-3-4-9-15/h5-7H,2-4,8-9,14H2,1H3. The molecule has 1 heterocycles. The van der Waals surface area contributed by atoms with Crippen molar-refractivity contribution in [3.8, 4) is 5.75 Å². The third-order valence-electron chi connectivity index (χ3n) is 2.97. The zero-order valence-electron chi connectivity index (χ0n) is 10.1. The minimum absolute atomic E-state index is 0.0101. The van der Waals surface area contributed by atoms with E-state index in [-0.39, 0.29) is 5.91 Å². The Morgan fingerprint density at radius 2 is 2.12 bits per heavy atom. The van der Waals surface area contributed by atoms with E-state index in [2.05, 4.69) is 0 Å². The monoisotopic (exact) mass is 234 g/mol. The zero-order chi connectivity index (χ0) is 12.3. The number of amides is 1. The van der Waals surface area contributed by atoms with Crippen LogP contribution in [0.5, 0.6) is 5.75 Å². The molecule has 1 aliphatic heterocycles. The zero-order valence-corrected chi connectivity index (χ0v) is 10.1. The Hall–Kier alpha value is -1.71. The van der Waals surface area contributed by atoms with Crippen LogP contribution in [0.2, 0.25) is 0 Å². The molecule has 17 heavy (non-hydrogen) atoms. The van der Waals surface area contributed by atoms with Gasteiger partial charge in [-0.3, -0.25) is 4.79 Å². The number of rotatable bonds is 3. The fourth-order valence-electron chi connectivity index (χ4n) is 2.13. The molecule has 1 aliphatic rings. The Bertz CT molecular complexity index is 412. The van der Waals surface area contributed by atoms with E-state index in [0.29, 0.717) is 23.6 Å². The van der Waals surface area contributed by atoms with Crippen LogP contribution in [0, 0.1) is 0 Å². The fraction of sp³-hybridized carbons (Fsp3) is 0.462. The highest BCUT2D eigenvalue weighted by molar-refractivity contribution is 6.02. The summed E-state index contributed by atoms with van der Waals surface area (Å²) < 4.78 is 5.47. The Labute approximate surface area is 101 Å². The number of carbonyl (C=O) groups is 1. The molecule has 0 aromatic heterocycles. The molecule has 1 saturated heterocycles. The first-order valence-corrected chi connectivity index (χ1v) is 6.04. The molecule has 2 N–H and O–H groups in total. The minimum Gasteiger partial charge on any atom is -0.493 e. The average Bonchev–Trinajstić information content (AvgIpc) is 2.82. The number of nitrogens with zero attached hydrogens (tertiary/aromatic N) is 1. The van der Waals surface area contributed by atoms with Crippen molar-refractivity contribution >= 4 is 11.6 Å². The normalized spacial score (nSPS) is 15.0. The molecule has 1 amide bonds. The Morgan fingerprint density at radius 1 is 1.41 bits per heavy atom. The van der Waals surface area contributed by atoms with E-state index in [9.17, 15) is 4.79 Å². The molecule has 0 aliphatic carbocycles. The summed E-state index contributed by atoms with van der Waals surface area (Å²) in [4.78, 5) is 14.2. The van der Waals surface area contributed by atoms with E-state index < -0.39 is 0 Å². The maximum absolute atomic E-state index is 12.3. The van der Waals surface area contributed by atoms with Gasteiger partial charge in [-0.2, -0.15) is 0 Å². The maximum atomic E-state index is 12.3. The molecular weight excluding hydrogens is 216 g/mol. The number of benzene rings is 1. The third kappa shape index (κ3) is 2.35. The summed E-state index contributed by atoms with van der Waals surface area (Å²) in [5.74, 6) is 0.577. The SMILES string of the molecule is CCOc1cccc(N)c1C(=O)N1CCCC1. The summed E-state index contributed by atoms with van der Waals surface area (Å²) in [6, 6.07) is 5.34. The van der Waals surface area contributed by atoms with Crippen LogP contribution in [0.25, 0.3) is 0 Å². The lowest BCUT2D eigenvalue weighted by molar-refractivity contribution is 0.0790. The first-order valence-electron chi connectivity index (χ1n) is 6.04. The average molecular weight is 234 g/mol. The van der Waals surface area contributed by atoms with E-state index in [1.165, 1.54) is 0 Å². The predicted octanol–water partition coefficient (Wildman–Crippen LogP) is 1.90. The van der Waals surface area contributed by atoms with Crippen molar-refractivity contribution < 1.29 is 9.53 Å². The van der Waals surface area contributed by atoms with Gasteiger partial charge in [0.15, 0.2) is 0 Å². The number of hydrogen-bond donors (Lipinski definition) is 1. The smallest absolute Gasteiger partial charge is 0.259 e. The molecule has 0 saturated carbocycles. The quantitative estimate of drug-likeness (QED) is 0.813. The van der Waals surface area contributed by atoms with Crippen molar-refractivity contribution in [2.24, 2.45) is 0 Å². The summed E-state index contributed by atoms with van der Waals surface area (Å²) in [5.41, 5.74) is 6.90. The molecule has 4 nitrogen and oxygen atoms in total. The second kappa shape index (κ2) is 5.08. The molecule has 1 aromatic carbocycles. The van der Waals surface area contributed by atoms with Gasteiger partial charge in [-0.05, 0) is 31.9 Å². The predicted molar refractivity (Wildman–Crippen MR) is 67.2 cm³/mol. The van der Waals surface area contributed by atoms with Gasteiger partial charge in [0, 0.05) is 18.8 Å². The van der Waals surface area contributed by atoms with E-state index >= 15 is 0 Å². The van der Waals surface area contributed by atoms with E-state index in [4.69, 9.17) is 10.5 Å². The molecule has 4 heteroatoms. The van der Waals surface area contributed by atoms with Gasteiger partial charge >= 0.3 is 0 Å². The molecule has 1 fully saturated rings. The number of nitrogen functional groups attached to an aromatic ring is 1. The van der Waals surface area contributed by atoms with Crippen LogP contribution in [0.3, 0.4) is 0 Å². The van der Waals surface area contributed by atoms with Crippen LogP contribution in [0.4, 0.5) is 5.69 Å². The molecule has 0 atom stereocenters.